The van der Waals surface area contributed by atoms with E-state index in [4.69, 9.17) is 28.1 Å². The molecular formula is C27H30O11. The summed E-state index contributed by atoms with van der Waals surface area (Å²) >= 11 is 0. The minimum Gasteiger partial charge on any atom is -0.460 e. The van der Waals surface area contributed by atoms with E-state index < -0.39 is 70.8 Å². The third-order valence-corrected chi connectivity index (χ3v) is 8.51. The van der Waals surface area contributed by atoms with Gasteiger partial charge in [-0.2, -0.15) is 0 Å². The van der Waals surface area contributed by atoms with E-state index in [1.807, 2.05) is 13.8 Å². The van der Waals surface area contributed by atoms with Crippen LogP contribution in [-0.4, -0.2) is 67.8 Å². The first kappa shape index (κ1) is 26.1. The van der Waals surface area contributed by atoms with Crippen LogP contribution in [0.25, 0.3) is 0 Å². The van der Waals surface area contributed by atoms with Crippen molar-refractivity contribution in [2.24, 2.45) is 11.3 Å². The summed E-state index contributed by atoms with van der Waals surface area (Å²) < 4.78 is 34.0. The number of methoxy groups -OCH3 is 1. The van der Waals surface area contributed by atoms with Gasteiger partial charge in [-0.1, -0.05) is 6.92 Å². The van der Waals surface area contributed by atoms with Crippen LogP contribution < -0.4 is 0 Å². The first-order valence-electron chi connectivity index (χ1n) is 12.5. The van der Waals surface area contributed by atoms with Crippen molar-refractivity contribution in [3.8, 4) is 0 Å². The summed E-state index contributed by atoms with van der Waals surface area (Å²) in [6.07, 6.45) is -1.93. The standard InChI is InChI=1S/C27H30O11/c1-11(28)35-16-7-15-19-21(17(36-12(2)29)8-26(15,4)24(16)37-13(3)30)27(5)18(10-33-6)38-25(32)14-9-34-23(20(14)27)22(19)31/h9,15-18,24H,7-8,10H2,1-6H3/t15-,16+,17+,18+,24?,26-,27-/m0/s1. The summed E-state index contributed by atoms with van der Waals surface area (Å²) in [6, 6.07) is 0. The van der Waals surface area contributed by atoms with Crippen LogP contribution in [-0.2, 0) is 43.5 Å². The monoisotopic (exact) mass is 530 g/mol. The van der Waals surface area contributed by atoms with Gasteiger partial charge in [-0.15, -0.1) is 0 Å². The fourth-order valence-electron chi connectivity index (χ4n) is 7.17. The Morgan fingerprint density at radius 2 is 1.68 bits per heavy atom. The number of carbonyl (C=O) groups is 5. The van der Waals surface area contributed by atoms with Gasteiger partial charge in [-0.25, -0.2) is 4.79 Å². The van der Waals surface area contributed by atoms with Gasteiger partial charge in [-0.05, 0) is 25.3 Å². The molecule has 1 aromatic rings. The minimum atomic E-state index is -1.12. The van der Waals surface area contributed by atoms with Crippen LogP contribution in [0.3, 0.4) is 0 Å². The summed E-state index contributed by atoms with van der Waals surface area (Å²) in [5.41, 5.74) is -0.728. The maximum atomic E-state index is 14.1. The zero-order valence-electron chi connectivity index (χ0n) is 22.1. The molecule has 1 aromatic heterocycles. The Balaban J connectivity index is 1.77. The highest BCUT2D eigenvalue weighted by Gasteiger charge is 2.67. The van der Waals surface area contributed by atoms with Gasteiger partial charge in [-0.3, -0.25) is 19.2 Å². The molecule has 204 valence electrons. The Morgan fingerprint density at radius 3 is 2.29 bits per heavy atom. The second kappa shape index (κ2) is 8.79. The molecule has 3 aliphatic carbocycles. The third kappa shape index (κ3) is 3.54. The van der Waals surface area contributed by atoms with Crippen molar-refractivity contribution in [1.82, 2.24) is 0 Å². The predicted octanol–water partition coefficient (Wildman–Crippen LogP) is 2.44. The fraction of sp³-hybridized carbons (Fsp3) is 0.593. The number of allylic oxidation sites excluding steroid dienone is 1. The lowest BCUT2D eigenvalue weighted by Crippen LogP contribution is -2.58. The first-order valence-corrected chi connectivity index (χ1v) is 12.5. The van der Waals surface area contributed by atoms with E-state index in [-0.39, 0.29) is 30.8 Å². The number of hydrogen-bond acceptors (Lipinski definition) is 11. The van der Waals surface area contributed by atoms with Crippen LogP contribution in [0.5, 0.6) is 0 Å². The molecule has 0 amide bonds. The highest BCUT2D eigenvalue weighted by atomic mass is 16.6. The second-order valence-electron chi connectivity index (χ2n) is 10.8. The van der Waals surface area contributed by atoms with Crippen molar-refractivity contribution in [3.05, 3.63) is 34.3 Å². The molecule has 2 heterocycles. The molecular weight excluding hydrogens is 500 g/mol. The molecule has 0 spiro atoms. The number of cyclic esters (lactones) is 1. The number of ketones is 1. The molecule has 7 atom stereocenters. The van der Waals surface area contributed by atoms with Crippen molar-refractivity contribution in [2.45, 2.75) is 77.3 Å². The smallest absolute Gasteiger partial charge is 0.342 e. The summed E-state index contributed by atoms with van der Waals surface area (Å²) in [6.45, 7) is 7.46. The van der Waals surface area contributed by atoms with E-state index in [2.05, 4.69) is 0 Å². The van der Waals surface area contributed by atoms with Gasteiger partial charge in [0.15, 0.2) is 5.76 Å². The molecule has 1 saturated carbocycles. The summed E-state index contributed by atoms with van der Waals surface area (Å²) in [5.74, 6) is -3.34. The molecule has 0 aromatic carbocycles. The molecule has 0 bridgehead atoms. The number of esters is 4. The molecule has 1 aliphatic heterocycles. The molecule has 0 radical (unpaired) electrons. The Labute approximate surface area is 218 Å². The molecule has 11 nitrogen and oxygen atoms in total. The molecule has 4 aliphatic rings. The molecule has 0 N–H and O–H groups in total. The fourth-order valence-corrected chi connectivity index (χ4v) is 7.17. The maximum absolute atomic E-state index is 14.1. The van der Waals surface area contributed by atoms with Crippen molar-refractivity contribution < 1.29 is 52.1 Å². The molecule has 1 unspecified atom stereocenters. The van der Waals surface area contributed by atoms with E-state index in [0.29, 0.717) is 16.7 Å². The SMILES string of the molecule is COC[C@H]1OC(=O)c2coc3c2[C@@]1(C)C1=C(C3=O)[C@@H]2C[C@@H](OC(C)=O)C(OC(C)=O)[C@@]2(C)C[C@H]1OC(C)=O. The topological polar surface area (TPSA) is 145 Å². The van der Waals surface area contributed by atoms with E-state index in [0.717, 1.165) is 0 Å². The lowest BCUT2D eigenvalue weighted by molar-refractivity contribution is -0.172. The van der Waals surface area contributed by atoms with Gasteiger partial charge < -0.3 is 28.1 Å². The van der Waals surface area contributed by atoms with Crippen LogP contribution in [0.2, 0.25) is 0 Å². The summed E-state index contributed by atoms with van der Waals surface area (Å²) in [5, 5.41) is 0. The van der Waals surface area contributed by atoms with Crippen LogP contribution in [0.15, 0.2) is 21.8 Å². The summed E-state index contributed by atoms with van der Waals surface area (Å²) in [4.78, 5) is 63.4. The average molecular weight is 531 g/mol. The molecule has 0 saturated heterocycles. The second-order valence-corrected chi connectivity index (χ2v) is 10.8. The highest BCUT2D eigenvalue weighted by molar-refractivity contribution is 6.13. The number of Topliss-reactive ketones (excluding diaryl/α,β-unsaturated/α-hetero) is 1. The zero-order chi connectivity index (χ0) is 27.7. The van der Waals surface area contributed by atoms with Crippen molar-refractivity contribution >= 4 is 29.7 Å². The van der Waals surface area contributed by atoms with Crippen molar-refractivity contribution in [1.29, 1.82) is 0 Å². The van der Waals surface area contributed by atoms with Crippen LogP contribution >= 0.6 is 0 Å². The van der Waals surface area contributed by atoms with E-state index >= 15 is 0 Å². The van der Waals surface area contributed by atoms with Crippen molar-refractivity contribution in [2.75, 3.05) is 13.7 Å². The number of fused-ring (bicyclic) bond motifs is 3. The van der Waals surface area contributed by atoms with E-state index in [9.17, 15) is 24.0 Å². The Bertz CT molecular complexity index is 1290. The van der Waals surface area contributed by atoms with Crippen molar-refractivity contribution in [3.63, 3.8) is 0 Å². The van der Waals surface area contributed by atoms with Crippen LogP contribution in [0, 0.1) is 11.3 Å². The van der Waals surface area contributed by atoms with Gasteiger partial charge in [0, 0.05) is 50.4 Å². The number of ether oxygens (including phenoxy) is 5. The van der Waals surface area contributed by atoms with E-state index in [1.165, 1.54) is 34.1 Å². The summed E-state index contributed by atoms with van der Waals surface area (Å²) in [7, 11) is 1.47. The zero-order valence-corrected chi connectivity index (χ0v) is 22.1. The normalized spacial score (nSPS) is 35.1. The minimum absolute atomic E-state index is 0.00445. The van der Waals surface area contributed by atoms with Crippen LogP contribution in [0.1, 0.15) is 73.9 Å². The Morgan fingerprint density at radius 1 is 1.03 bits per heavy atom. The number of furan rings is 1. The molecule has 1 fully saturated rings. The van der Waals surface area contributed by atoms with Gasteiger partial charge in [0.2, 0.25) is 5.78 Å². The Kier molecular flexibility index (Phi) is 6.05. The third-order valence-electron chi connectivity index (χ3n) is 8.51. The average Bonchev–Trinajstić information content (AvgIpc) is 3.36. The number of hydrogen-bond donors (Lipinski definition) is 0. The number of carbonyl (C=O) groups excluding carboxylic acids is 5. The maximum Gasteiger partial charge on any atom is 0.342 e. The molecule has 38 heavy (non-hydrogen) atoms. The lowest BCUT2D eigenvalue weighted by Gasteiger charge is -2.52. The molecule has 11 heteroatoms. The quantitative estimate of drug-likeness (QED) is 0.409. The van der Waals surface area contributed by atoms with Gasteiger partial charge in [0.25, 0.3) is 0 Å². The first-order chi connectivity index (χ1) is 17.8. The van der Waals surface area contributed by atoms with Gasteiger partial charge in [0.1, 0.15) is 36.2 Å². The number of rotatable bonds is 5. The lowest BCUT2D eigenvalue weighted by atomic mass is 9.54. The molecule has 5 rings (SSSR count). The largest absolute Gasteiger partial charge is 0.460 e. The van der Waals surface area contributed by atoms with Crippen LogP contribution in [0.4, 0.5) is 0 Å². The highest BCUT2D eigenvalue weighted by Crippen LogP contribution is 2.63. The van der Waals surface area contributed by atoms with Gasteiger partial charge in [0.05, 0.1) is 12.0 Å². The van der Waals surface area contributed by atoms with Gasteiger partial charge >= 0.3 is 23.9 Å². The Hall–Kier alpha value is -3.47. The predicted molar refractivity (Wildman–Crippen MR) is 126 cm³/mol. The van der Waals surface area contributed by atoms with E-state index in [1.54, 1.807) is 0 Å².